The largest absolute Gasteiger partial charge is 0.330 e. The van der Waals surface area contributed by atoms with Crippen molar-refractivity contribution in [1.82, 2.24) is 4.90 Å². The molecule has 2 heteroatoms. The van der Waals surface area contributed by atoms with Gasteiger partial charge in [0, 0.05) is 6.54 Å². The van der Waals surface area contributed by atoms with Crippen LogP contribution in [-0.4, -0.2) is 31.1 Å². The average molecular weight is 254 g/mol. The Morgan fingerprint density at radius 2 is 1.94 bits per heavy atom. The average Bonchev–Trinajstić information content (AvgIpc) is 2.31. The van der Waals surface area contributed by atoms with Crippen LogP contribution in [0.5, 0.6) is 0 Å². The van der Waals surface area contributed by atoms with Crippen LogP contribution in [0.2, 0.25) is 0 Å². The summed E-state index contributed by atoms with van der Waals surface area (Å²) in [5.41, 5.74) is 5.70. The van der Waals surface area contributed by atoms with Crippen LogP contribution in [0.15, 0.2) is 0 Å². The quantitative estimate of drug-likeness (QED) is 0.610. The summed E-state index contributed by atoms with van der Waals surface area (Å²) < 4.78 is 0. The van der Waals surface area contributed by atoms with Gasteiger partial charge in [-0.15, -0.1) is 0 Å². The van der Waals surface area contributed by atoms with Gasteiger partial charge >= 0.3 is 0 Å². The normalized spacial score (nSPS) is 18.0. The van der Waals surface area contributed by atoms with Crippen LogP contribution < -0.4 is 5.73 Å². The summed E-state index contributed by atoms with van der Waals surface area (Å²) in [4.78, 5) is 2.66. The van der Waals surface area contributed by atoms with Crippen LogP contribution in [0.4, 0.5) is 0 Å². The Hall–Kier alpha value is -0.0800. The molecule has 2 nitrogen and oxygen atoms in total. The van der Waals surface area contributed by atoms with Crippen molar-refractivity contribution in [1.29, 1.82) is 0 Å². The van der Waals surface area contributed by atoms with E-state index in [1.165, 1.54) is 71.0 Å². The highest BCUT2D eigenvalue weighted by Gasteiger charge is 2.19. The number of rotatable bonds is 11. The molecule has 0 saturated heterocycles. The molecular formula is C16H34N2. The first-order valence-corrected chi connectivity index (χ1v) is 8.22. The van der Waals surface area contributed by atoms with Gasteiger partial charge in [-0.1, -0.05) is 33.1 Å². The smallest absolute Gasteiger partial charge is 0.000954 e. The molecule has 0 aromatic rings. The van der Waals surface area contributed by atoms with E-state index in [1.54, 1.807) is 0 Å². The molecule has 1 rings (SSSR count). The lowest BCUT2D eigenvalue weighted by Gasteiger charge is -2.32. The predicted molar refractivity (Wildman–Crippen MR) is 80.8 cm³/mol. The van der Waals surface area contributed by atoms with E-state index in [0.717, 1.165) is 18.4 Å². The van der Waals surface area contributed by atoms with E-state index in [0.29, 0.717) is 0 Å². The fourth-order valence-electron chi connectivity index (χ4n) is 3.10. The van der Waals surface area contributed by atoms with Crippen LogP contribution in [0.25, 0.3) is 0 Å². The van der Waals surface area contributed by atoms with Gasteiger partial charge < -0.3 is 10.6 Å². The maximum atomic E-state index is 5.70. The Bertz CT molecular complexity index is 184. The second-order valence-corrected chi connectivity index (χ2v) is 6.06. The molecule has 18 heavy (non-hydrogen) atoms. The maximum Gasteiger partial charge on any atom is 0.000954 e. The summed E-state index contributed by atoms with van der Waals surface area (Å²) in [5, 5.41) is 0. The molecule has 1 aliphatic rings. The van der Waals surface area contributed by atoms with Gasteiger partial charge in [-0.2, -0.15) is 0 Å². The zero-order valence-corrected chi connectivity index (χ0v) is 12.7. The third kappa shape index (κ3) is 6.19. The van der Waals surface area contributed by atoms with Crippen molar-refractivity contribution in [2.75, 3.05) is 26.2 Å². The molecule has 0 aromatic carbocycles. The summed E-state index contributed by atoms with van der Waals surface area (Å²) in [6, 6.07) is 0. The van der Waals surface area contributed by atoms with E-state index in [9.17, 15) is 0 Å². The molecular weight excluding hydrogens is 220 g/mol. The SMILES string of the molecule is CCCC(CCN)CCCN(CC)CC1CCC1. The summed E-state index contributed by atoms with van der Waals surface area (Å²) >= 11 is 0. The fraction of sp³-hybridized carbons (Fsp3) is 1.00. The number of hydrogen-bond acceptors (Lipinski definition) is 2. The molecule has 1 atom stereocenters. The molecule has 1 unspecified atom stereocenters. The second-order valence-electron chi connectivity index (χ2n) is 6.06. The Kier molecular flexibility index (Phi) is 8.70. The minimum Gasteiger partial charge on any atom is -0.330 e. The highest BCUT2D eigenvalue weighted by molar-refractivity contribution is 4.73. The van der Waals surface area contributed by atoms with Gasteiger partial charge in [-0.25, -0.2) is 0 Å². The maximum absolute atomic E-state index is 5.70. The van der Waals surface area contributed by atoms with Crippen molar-refractivity contribution in [3.05, 3.63) is 0 Å². The monoisotopic (exact) mass is 254 g/mol. The van der Waals surface area contributed by atoms with Crippen LogP contribution >= 0.6 is 0 Å². The van der Waals surface area contributed by atoms with Gasteiger partial charge in [-0.3, -0.25) is 0 Å². The number of hydrogen-bond donors (Lipinski definition) is 1. The van der Waals surface area contributed by atoms with Crippen molar-refractivity contribution < 1.29 is 0 Å². The Morgan fingerprint density at radius 3 is 2.44 bits per heavy atom. The summed E-state index contributed by atoms with van der Waals surface area (Å²) in [7, 11) is 0. The van der Waals surface area contributed by atoms with Crippen LogP contribution in [0.1, 0.15) is 65.2 Å². The minimum absolute atomic E-state index is 0.865. The molecule has 108 valence electrons. The van der Waals surface area contributed by atoms with Crippen molar-refractivity contribution in [3.8, 4) is 0 Å². The summed E-state index contributed by atoms with van der Waals surface area (Å²) in [6.07, 6.45) is 11.1. The topological polar surface area (TPSA) is 29.3 Å². The minimum atomic E-state index is 0.865. The Balaban J connectivity index is 2.11. The zero-order chi connectivity index (χ0) is 13.2. The van der Waals surface area contributed by atoms with Crippen molar-refractivity contribution in [2.45, 2.75) is 65.2 Å². The summed E-state index contributed by atoms with van der Waals surface area (Å²) in [5.74, 6) is 1.89. The second kappa shape index (κ2) is 9.80. The first kappa shape index (κ1) is 16.0. The molecule has 0 radical (unpaired) electrons. The standard InChI is InChI=1S/C16H34N2/c1-3-7-15(11-12-17)10-6-13-18(4-2)14-16-8-5-9-16/h15-16H,3-14,17H2,1-2H3. The van der Waals surface area contributed by atoms with Gasteiger partial charge in [0.2, 0.25) is 0 Å². The van der Waals surface area contributed by atoms with Crippen molar-refractivity contribution in [3.63, 3.8) is 0 Å². The van der Waals surface area contributed by atoms with Crippen LogP contribution in [0.3, 0.4) is 0 Å². The lowest BCUT2D eigenvalue weighted by atomic mass is 9.85. The third-order valence-electron chi connectivity index (χ3n) is 4.55. The molecule has 0 amide bonds. The first-order valence-electron chi connectivity index (χ1n) is 8.22. The van der Waals surface area contributed by atoms with Crippen molar-refractivity contribution >= 4 is 0 Å². The predicted octanol–water partition coefficient (Wildman–Crippen LogP) is 3.65. The molecule has 2 N–H and O–H groups in total. The van der Waals surface area contributed by atoms with E-state index >= 15 is 0 Å². The lowest BCUT2D eigenvalue weighted by Crippen LogP contribution is -2.33. The Labute approximate surface area is 114 Å². The van der Waals surface area contributed by atoms with E-state index in [4.69, 9.17) is 5.73 Å². The molecule has 0 heterocycles. The van der Waals surface area contributed by atoms with E-state index in [2.05, 4.69) is 18.7 Å². The van der Waals surface area contributed by atoms with Gasteiger partial charge in [0.05, 0.1) is 0 Å². The first-order chi connectivity index (χ1) is 8.80. The van der Waals surface area contributed by atoms with Gasteiger partial charge in [-0.05, 0) is 63.6 Å². The van der Waals surface area contributed by atoms with Crippen LogP contribution in [0, 0.1) is 11.8 Å². The van der Waals surface area contributed by atoms with Gasteiger partial charge in [0.25, 0.3) is 0 Å². The summed E-state index contributed by atoms with van der Waals surface area (Å²) in [6.45, 7) is 9.35. The molecule has 1 saturated carbocycles. The third-order valence-corrected chi connectivity index (χ3v) is 4.55. The number of nitrogens with zero attached hydrogens (tertiary/aromatic N) is 1. The van der Waals surface area contributed by atoms with Gasteiger partial charge in [0.1, 0.15) is 0 Å². The lowest BCUT2D eigenvalue weighted by molar-refractivity contribution is 0.178. The van der Waals surface area contributed by atoms with E-state index < -0.39 is 0 Å². The molecule has 0 spiro atoms. The molecule has 1 fully saturated rings. The Morgan fingerprint density at radius 1 is 1.17 bits per heavy atom. The zero-order valence-electron chi connectivity index (χ0n) is 12.7. The highest BCUT2D eigenvalue weighted by atomic mass is 15.1. The van der Waals surface area contributed by atoms with E-state index in [-0.39, 0.29) is 0 Å². The van der Waals surface area contributed by atoms with Gasteiger partial charge in [0.15, 0.2) is 0 Å². The van der Waals surface area contributed by atoms with Crippen molar-refractivity contribution in [2.24, 2.45) is 17.6 Å². The fourth-order valence-corrected chi connectivity index (χ4v) is 3.10. The highest BCUT2D eigenvalue weighted by Crippen LogP contribution is 2.27. The molecule has 0 bridgehead atoms. The molecule has 0 aliphatic heterocycles. The number of nitrogens with two attached hydrogens (primary N) is 1. The molecule has 0 aromatic heterocycles. The molecule has 1 aliphatic carbocycles. The van der Waals surface area contributed by atoms with E-state index in [1.807, 2.05) is 0 Å². The van der Waals surface area contributed by atoms with Crippen LogP contribution in [-0.2, 0) is 0 Å².